The molecule has 1 aromatic carbocycles. The summed E-state index contributed by atoms with van der Waals surface area (Å²) in [4.78, 5) is 16.3. The largest absolute Gasteiger partial charge is 0.497 e. The lowest BCUT2D eigenvalue weighted by molar-refractivity contribution is -0.147. The molecule has 0 radical (unpaired) electrons. The molecule has 1 fully saturated rings. The fraction of sp³-hybridized carbons (Fsp3) is 0.533. The molecule has 0 bridgehead atoms. The molecule has 0 unspecified atom stereocenters. The molecule has 1 amide bonds. The van der Waals surface area contributed by atoms with E-state index >= 15 is 0 Å². The van der Waals surface area contributed by atoms with Crippen molar-refractivity contribution in [1.29, 1.82) is 0 Å². The maximum absolute atomic E-state index is 12.3. The zero-order chi connectivity index (χ0) is 14.9. The van der Waals surface area contributed by atoms with Crippen LogP contribution in [0.15, 0.2) is 22.7 Å². The van der Waals surface area contributed by atoms with Crippen LogP contribution in [-0.4, -0.2) is 48.5 Å². The van der Waals surface area contributed by atoms with Crippen LogP contribution in [0.1, 0.15) is 19.4 Å². The van der Waals surface area contributed by atoms with E-state index in [0.29, 0.717) is 0 Å². The Morgan fingerprint density at radius 2 is 2.05 bits per heavy atom. The molecule has 0 N–H and O–H groups in total. The molecule has 1 heterocycles. The van der Waals surface area contributed by atoms with E-state index in [4.69, 9.17) is 4.74 Å². The standard InChI is InChI=1S/C15H21BrN2O2/c1-15(2)14(19)17(3)7-8-18(15)10-11-9-12(20-4)5-6-13(11)16/h5-6,9H,7-8,10H2,1-4H3. The van der Waals surface area contributed by atoms with Gasteiger partial charge in [0.25, 0.3) is 0 Å². The summed E-state index contributed by atoms with van der Waals surface area (Å²) in [5.74, 6) is 1.00. The Kier molecular flexibility index (Phi) is 4.39. The van der Waals surface area contributed by atoms with E-state index in [9.17, 15) is 4.79 Å². The Morgan fingerprint density at radius 1 is 1.35 bits per heavy atom. The summed E-state index contributed by atoms with van der Waals surface area (Å²) < 4.78 is 6.32. The van der Waals surface area contributed by atoms with Gasteiger partial charge in [0.15, 0.2) is 0 Å². The molecule has 1 saturated heterocycles. The van der Waals surface area contributed by atoms with Gasteiger partial charge >= 0.3 is 0 Å². The third-order valence-electron chi connectivity index (χ3n) is 3.98. The van der Waals surface area contributed by atoms with Crippen molar-refractivity contribution < 1.29 is 9.53 Å². The molecule has 0 aromatic heterocycles. The number of methoxy groups -OCH3 is 1. The molecule has 4 nitrogen and oxygen atoms in total. The maximum atomic E-state index is 12.3. The second-order valence-corrected chi connectivity index (χ2v) is 6.52. The van der Waals surface area contributed by atoms with Crippen LogP contribution in [0.5, 0.6) is 5.75 Å². The molecule has 1 aromatic rings. The van der Waals surface area contributed by atoms with Gasteiger partial charge in [-0.25, -0.2) is 0 Å². The quantitative estimate of drug-likeness (QED) is 0.847. The summed E-state index contributed by atoms with van der Waals surface area (Å²) >= 11 is 3.57. The molecule has 110 valence electrons. The fourth-order valence-corrected chi connectivity index (χ4v) is 2.91. The van der Waals surface area contributed by atoms with Crippen molar-refractivity contribution in [3.63, 3.8) is 0 Å². The number of rotatable bonds is 3. The number of amides is 1. The summed E-state index contributed by atoms with van der Waals surface area (Å²) in [7, 11) is 3.53. The minimum absolute atomic E-state index is 0.169. The van der Waals surface area contributed by atoms with Crippen LogP contribution >= 0.6 is 15.9 Å². The van der Waals surface area contributed by atoms with Crippen LogP contribution in [0.25, 0.3) is 0 Å². The number of hydrogen-bond acceptors (Lipinski definition) is 3. The van der Waals surface area contributed by atoms with E-state index in [2.05, 4.69) is 20.8 Å². The van der Waals surface area contributed by atoms with E-state index in [0.717, 1.165) is 35.4 Å². The van der Waals surface area contributed by atoms with Gasteiger partial charge < -0.3 is 9.64 Å². The van der Waals surface area contributed by atoms with Crippen LogP contribution in [0.2, 0.25) is 0 Å². The van der Waals surface area contributed by atoms with Crippen molar-refractivity contribution in [1.82, 2.24) is 9.80 Å². The van der Waals surface area contributed by atoms with E-state index in [1.807, 2.05) is 39.1 Å². The molecule has 0 spiro atoms. The van der Waals surface area contributed by atoms with Crippen molar-refractivity contribution in [2.75, 3.05) is 27.2 Å². The summed E-state index contributed by atoms with van der Waals surface area (Å²) in [6.07, 6.45) is 0. The highest BCUT2D eigenvalue weighted by Gasteiger charge is 2.40. The minimum Gasteiger partial charge on any atom is -0.497 e. The van der Waals surface area contributed by atoms with E-state index in [1.165, 1.54) is 0 Å². The summed E-state index contributed by atoms with van der Waals surface area (Å²) in [5, 5.41) is 0. The highest BCUT2D eigenvalue weighted by molar-refractivity contribution is 9.10. The van der Waals surface area contributed by atoms with Gasteiger partial charge in [0.2, 0.25) is 5.91 Å². The van der Waals surface area contributed by atoms with Crippen molar-refractivity contribution in [2.45, 2.75) is 25.9 Å². The van der Waals surface area contributed by atoms with Gasteiger partial charge in [-0.15, -0.1) is 0 Å². The van der Waals surface area contributed by atoms with Crippen LogP contribution in [0.4, 0.5) is 0 Å². The van der Waals surface area contributed by atoms with Crippen LogP contribution in [0.3, 0.4) is 0 Å². The molecule has 0 saturated carbocycles. The number of carbonyl (C=O) groups excluding carboxylic acids is 1. The van der Waals surface area contributed by atoms with Crippen LogP contribution in [-0.2, 0) is 11.3 Å². The number of piperazine rings is 1. The van der Waals surface area contributed by atoms with Gasteiger partial charge in [-0.1, -0.05) is 15.9 Å². The molecule has 2 rings (SSSR count). The molecule has 1 aliphatic heterocycles. The molecular weight excluding hydrogens is 320 g/mol. The minimum atomic E-state index is -0.477. The van der Waals surface area contributed by atoms with Gasteiger partial charge in [0, 0.05) is 31.2 Å². The first kappa shape index (κ1) is 15.3. The van der Waals surface area contributed by atoms with Crippen molar-refractivity contribution in [3.8, 4) is 5.75 Å². The first-order valence-electron chi connectivity index (χ1n) is 6.69. The normalized spacial score (nSPS) is 19.2. The molecule has 1 aliphatic rings. The lowest BCUT2D eigenvalue weighted by Crippen LogP contribution is -2.61. The number of likely N-dealkylation sites (N-methyl/N-ethyl adjacent to an activating group) is 1. The first-order chi connectivity index (χ1) is 9.36. The third kappa shape index (κ3) is 2.83. The number of hydrogen-bond donors (Lipinski definition) is 0. The van der Waals surface area contributed by atoms with Crippen molar-refractivity contribution in [2.24, 2.45) is 0 Å². The summed E-state index contributed by atoms with van der Waals surface area (Å²) in [5.41, 5.74) is 0.657. The highest BCUT2D eigenvalue weighted by Crippen LogP contribution is 2.28. The average Bonchev–Trinajstić information content (AvgIpc) is 2.42. The third-order valence-corrected chi connectivity index (χ3v) is 4.75. The molecule has 0 atom stereocenters. The highest BCUT2D eigenvalue weighted by atomic mass is 79.9. The summed E-state index contributed by atoms with van der Waals surface area (Å²) in [6.45, 7) is 6.34. The number of carbonyl (C=O) groups is 1. The monoisotopic (exact) mass is 340 g/mol. The van der Waals surface area contributed by atoms with Crippen LogP contribution in [0, 0.1) is 0 Å². The van der Waals surface area contributed by atoms with Gasteiger partial charge in [-0.3, -0.25) is 9.69 Å². The van der Waals surface area contributed by atoms with Crippen molar-refractivity contribution in [3.05, 3.63) is 28.2 Å². The Labute approximate surface area is 128 Å². The van der Waals surface area contributed by atoms with E-state index in [-0.39, 0.29) is 5.91 Å². The van der Waals surface area contributed by atoms with E-state index < -0.39 is 5.54 Å². The SMILES string of the molecule is COc1ccc(Br)c(CN2CCN(C)C(=O)C2(C)C)c1. The number of nitrogens with zero attached hydrogens (tertiary/aromatic N) is 2. The first-order valence-corrected chi connectivity index (χ1v) is 7.48. The number of benzene rings is 1. The Balaban J connectivity index is 2.23. The second-order valence-electron chi connectivity index (χ2n) is 5.66. The summed E-state index contributed by atoms with van der Waals surface area (Å²) in [6, 6.07) is 5.93. The smallest absolute Gasteiger partial charge is 0.242 e. The Bertz CT molecular complexity index is 517. The zero-order valence-corrected chi connectivity index (χ0v) is 14.0. The molecule has 5 heteroatoms. The van der Waals surface area contributed by atoms with Crippen LogP contribution < -0.4 is 4.74 Å². The van der Waals surface area contributed by atoms with Gasteiger partial charge in [-0.05, 0) is 37.6 Å². The fourth-order valence-electron chi connectivity index (χ4n) is 2.54. The molecule has 0 aliphatic carbocycles. The van der Waals surface area contributed by atoms with Crippen molar-refractivity contribution >= 4 is 21.8 Å². The predicted octanol–water partition coefficient (Wildman–Crippen LogP) is 2.51. The Morgan fingerprint density at radius 3 is 2.70 bits per heavy atom. The lowest BCUT2D eigenvalue weighted by Gasteiger charge is -2.44. The second kappa shape index (κ2) is 5.74. The number of halogens is 1. The number of ether oxygens (including phenoxy) is 1. The average molecular weight is 341 g/mol. The lowest BCUT2D eigenvalue weighted by atomic mass is 9.97. The Hall–Kier alpha value is -1.07. The maximum Gasteiger partial charge on any atom is 0.242 e. The van der Waals surface area contributed by atoms with Gasteiger partial charge in [-0.2, -0.15) is 0 Å². The molecular formula is C15H21BrN2O2. The molecule has 20 heavy (non-hydrogen) atoms. The predicted molar refractivity (Wildman–Crippen MR) is 82.8 cm³/mol. The van der Waals surface area contributed by atoms with E-state index in [1.54, 1.807) is 12.0 Å². The zero-order valence-electron chi connectivity index (χ0n) is 12.4. The topological polar surface area (TPSA) is 32.8 Å². The van der Waals surface area contributed by atoms with Gasteiger partial charge in [0.1, 0.15) is 5.75 Å². The van der Waals surface area contributed by atoms with Gasteiger partial charge in [0.05, 0.1) is 12.6 Å².